The maximum absolute atomic E-state index is 13.7. The molecule has 2 aliphatic rings. The van der Waals surface area contributed by atoms with Gasteiger partial charge in [-0.05, 0) is 18.6 Å². The van der Waals surface area contributed by atoms with Crippen molar-refractivity contribution in [1.82, 2.24) is 15.1 Å². The molecule has 3 rings (SSSR count). The first-order chi connectivity index (χ1) is 11.5. The number of nitrogens with one attached hydrogen (secondary N) is 1. The fourth-order valence-electron chi connectivity index (χ4n) is 3.12. The topological polar surface area (TPSA) is 72.9 Å². The lowest BCUT2D eigenvalue weighted by atomic mass is 10.1. The Morgan fingerprint density at radius 1 is 1.08 bits per heavy atom. The Bertz CT molecular complexity index is 633. The average Bonchev–Trinajstić information content (AvgIpc) is 3.00. The Kier molecular flexibility index (Phi) is 6.31. The lowest BCUT2D eigenvalue weighted by Gasteiger charge is -2.36. The summed E-state index contributed by atoms with van der Waals surface area (Å²) in [6, 6.07) is 2.90. The highest BCUT2D eigenvalue weighted by Gasteiger charge is 2.34. The summed E-state index contributed by atoms with van der Waals surface area (Å²) in [4.78, 5) is 27.6. The molecule has 2 aliphatic heterocycles. The molecule has 0 aliphatic carbocycles. The van der Waals surface area contributed by atoms with Crippen molar-refractivity contribution in [3.8, 4) is 0 Å². The van der Waals surface area contributed by atoms with Gasteiger partial charge in [-0.15, -0.1) is 12.4 Å². The number of aliphatic hydroxyl groups is 1. The number of amides is 2. The number of carbonyl (C=O) groups is 2. The van der Waals surface area contributed by atoms with Gasteiger partial charge in [0.2, 0.25) is 5.91 Å². The lowest BCUT2D eigenvalue weighted by molar-refractivity contribution is -0.134. The van der Waals surface area contributed by atoms with Crippen LogP contribution in [0.2, 0.25) is 0 Å². The van der Waals surface area contributed by atoms with Crippen LogP contribution in [0.3, 0.4) is 0 Å². The zero-order valence-electron chi connectivity index (χ0n) is 13.5. The minimum Gasteiger partial charge on any atom is -0.392 e. The van der Waals surface area contributed by atoms with E-state index in [0.717, 1.165) is 12.1 Å². The number of halogens is 3. The third kappa shape index (κ3) is 4.08. The molecule has 2 unspecified atom stereocenters. The predicted octanol–water partition coefficient (Wildman–Crippen LogP) is 0.394. The van der Waals surface area contributed by atoms with Crippen LogP contribution in [0.5, 0.6) is 0 Å². The van der Waals surface area contributed by atoms with Crippen LogP contribution in [0.15, 0.2) is 18.2 Å². The highest BCUT2D eigenvalue weighted by atomic mass is 35.5. The van der Waals surface area contributed by atoms with E-state index in [1.54, 1.807) is 4.90 Å². The van der Waals surface area contributed by atoms with Gasteiger partial charge in [-0.25, -0.2) is 8.78 Å². The minimum atomic E-state index is -0.886. The van der Waals surface area contributed by atoms with Crippen LogP contribution in [0, 0.1) is 11.6 Å². The Hall–Kier alpha value is -1.77. The molecule has 1 aromatic carbocycles. The van der Waals surface area contributed by atoms with Gasteiger partial charge in [-0.3, -0.25) is 9.59 Å². The van der Waals surface area contributed by atoms with Crippen molar-refractivity contribution in [3.05, 3.63) is 35.4 Å². The summed E-state index contributed by atoms with van der Waals surface area (Å²) in [7, 11) is 0. The second-order valence-electron chi connectivity index (χ2n) is 6.06. The number of aliphatic hydroxyl groups excluding tert-OH is 1. The second kappa shape index (κ2) is 8.07. The fraction of sp³-hybridized carbons (Fsp3) is 0.500. The van der Waals surface area contributed by atoms with Crippen molar-refractivity contribution < 1.29 is 23.5 Å². The molecular weight excluding hydrogens is 356 g/mol. The molecule has 138 valence electrons. The molecule has 0 bridgehead atoms. The number of β-amino-alcohol motifs (C(OH)–C–C–N with tert-alkyl or cyclic N) is 1. The molecule has 9 heteroatoms. The molecule has 0 radical (unpaired) electrons. The van der Waals surface area contributed by atoms with Crippen molar-refractivity contribution in [1.29, 1.82) is 0 Å². The predicted molar refractivity (Wildman–Crippen MR) is 88.5 cm³/mol. The summed E-state index contributed by atoms with van der Waals surface area (Å²) in [5, 5.41) is 12.4. The average molecular weight is 376 g/mol. The Morgan fingerprint density at radius 2 is 1.64 bits per heavy atom. The van der Waals surface area contributed by atoms with Crippen LogP contribution in [0.25, 0.3) is 0 Å². The van der Waals surface area contributed by atoms with Crippen molar-refractivity contribution in [2.75, 3.05) is 32.7 Å². The van der Waals surface area contributed by atoms with Crippen LogP contribution in [0.1, 0.15) is 16.8 Å². The van der Waals surface area contributed by atoms with Crippen molar-refractivity contribution in [2.24, 2.45) is 0 Å². The summed E-state index contributed by atoms with van der Waals surface area (Å²) in [6.07, 6.45) is -0.149. The van der Waals surface area contributed by atoms with E-state index in [1.165, 1.54) is 11.0 Å². The van der Waals surface area contributed by atoms with Gasteiger partial charge in [0.1, 0.15) is 17.2 Å². The first-order valence-corrected chi connectivity index (χ1v) is 7.91. The maximum atomic E-state index is 13.7. The third-order valence-electron chi connectivity index (χ3n) is 4.46. The van der Waals surface area contributed by atoms with E-state index in [9.17, 15) is 23.5 Å². The molecule has 2 N–H and O–H groups in total. The smallest absolute Gasteiger partial charge is 0.259 e. The van der Waals surface area contributed by atoms with Gasteiger partial charge in [0.05, 0.1) is 12.1 Å². The molecule has 2 atom stereocenters. The van der Waals surface area contributed by atoms with Crippen LogP contribution in [0.4, 0.5) is 8.78 Å². The molecule has 2 amide bonds. The van der Waals surface area contributed by atoms with Gasteiger partial charge in [-0.1, -0.05) is 6.07 Å². The summed E-state index contributed by atoms with van der Waals surface area (Å²) in [5.41, 5.74) is -0.558. The first kappa shape index (κ1) is 19.6. The van der Waals surface area contributed by atoms with E-state index in [1.807, 2.05) is 0 Å². The quantitative estimate of drug-likeness (QED) is 0.784. The highest BCUT2D eigenvalue weighted by Crippen LogP contribution is 2.17. The van der Waals surface area contributed by atoms with E-state index in [2.05, 4.69) is 5.32 Å². The fourth-order valence-corrected chi connectivity index (χ4v) is 3.12. The third-order valence-corrected chi connectivity index (χ3v) is 4.46. The summed E-state index contributed by atoms with van der Waals surface area (Å²) < 4.78 is 27.4. The molecule has 0 aromatic heterocycles. The maximum Gasteiger partial charge on any atom is 0.259 e. The number of hydrogen-bond donors (Lipinski definition) is 2. The number of nitrogens with zero attached hydrogens (tertiary/aromatic N) is 2. The summed E-state index contributed by atoms with van der Waals surface area (Å²) in [5.74, 6) is -2.59. The molecule has 6 nitrogen and oxygen atoms in total. The first-order valence-electron chi connectivity index (χ1n) is 7.91. The monoisotopic (exact) mass is 375 g/mol. The highest BCUT2D eigenvalue weighted by molar-refractivity contribution is 5.95. The van der Waals surface area contributed by atoms with E-state index in [-0.39, 0.29) is 31.4 Å². The molecule has 0 spiro atoms. The number of benzene rings is 1. The zero-order valence-corrected chi connectivity index (χ0v) is 14.3. The number of hydrogen-bond acceptors (Lipinski definition) is 4. The van der Waals surface area contributed by atoms with E-state index in [0.29, 0.717) is 26.1 Å². The van der Waals surface area contributed by atoms with Gasteiger partial charge in [-0.2, -0.15) is 0 Å². The molecule has 25 heavy (non-hydrogen) atoms. The van der Waals surface area contributed by atoms with Gasteiger partial charge in [0.25, 0.3) is 5.91 Å². The van der Waals surface area contributed by atoms with Crippen LogP contribution >= 0.6 is 12.4 Å². The van der Waals surface area contributed by atoms with E-state index in [4.69, 9.17) is 0 Å². The Labute approximate surface area is 150 Å². The van der Waals surface area contributed by atoms with Gasteiger partial charge < -0.3 is 20.2 Å². The van der Waals surface area contributed by atoms with Crippen LogP contribution in [-0.4, -0.2) is 71.6 Å². The number of carbonyl (C=O) groups excluding carboxylic acids is 2. The molecular formula is C16H20ClF2N3O3. The van der Waals surface area contributed by atoms with Crippen LogP contribution < -0.4 is 5.32 Å². The van der Waals surface area contributed by atoms with E-state index < -0.39 is 35.3 Å². The largest absolute Gasteiger partial charge is 0.392 e. The van der Waals surface area contributed by atoms with Crippen molar-refractivity contribution in [2.45, 2.75) is 18.6 Å². The molecule has 2 saturated heterocycles. The SMILES string of the molecule is Cl.O=C(c1c(F)cccc1F)N1CCN(C(=O)C2CC(O)CN2)CC1. The van der Waals surface area contributed by atoms with Crippen molar-refractivity contribution in [3.63, 3.8) is 0 Å². The van der Waals surface area contributed by atoms with Gasteiger partial charge >= 0.3 is 0 Å². The van der Waals surface area contributed by atoms with Gasteiger partial charge in [0, 0.05) is 32.7 Å². The molecule has 1 aromatic rings. The van der Waals surface area contributed by atoms with E-state index >= 15 is 0 Å². The second-order valence-corrected chi connectivity index (χ2v) is 6.06. The zero-order chi connectivity index (χ0) is 17.3. The molecule has 2 fully saturated rings. The lowest BCUT2D eigenvalue weighted by Crippen LogP contribution is -2.54. The van der Waals surface area contributed by atoms with Crippen molar-refractivity contribution >= 4 is 24.2 Å². The summed E-state index contributed by atoms with van der Waals surface area (Å²) in [6.45, 7) is 1.42. The standard InChI is InChI=1S/C16H19F2N3O3.ClH/c17-11-2-1-3-12(18)14(11)16(24)21-6-4-20(5-7-21)15(23)13-8-10(22)9-19-13;/h1-3,10,13,19,22H,4-9H2;1H. The summed E-state index contributed by atoms with van der Waals surface area (Å²) >= 11 is 0. The van der Waals surface area contributed by atoms with Crippen LogP contribution in [-0.2, 0) is 4.79 Å². The minimum absolute atomic E-state index is 0. The molecule has 2 heterocycles. The number of piperazine rings is 1. The molecule has 0 saturated carbocycles. The Morgan fingerprint density at radius 3 is 2.16 bits per heavy atom. The van der Waals surface area contributed by atoms with Gasteiger partial charge in [0.15, 0.2) is 0 Å². The Balaban J connectivity index is 0.00000225. The number of rotatable bonds is 2. The normalized spacial score (nSPS) is 23.3.